The van der Waals surface area contributed by atoms with E-state index in [2.05, 4.69) is 45.8 Å². The molecule has 5 rings (SSSR count). The summed E-state index contributed by atoms with van der Waals surface area (Å²) in [5, 5.41) is 3.87. The van der Waals surface area contributed by atoms with E-state index in [0.717, 1.165) is 5.65 Å². The van der Waals surface area contributed by atoms with Crippen LogP contribution in [0.25, 0.3) is 27.3 Å². The summed E-state index contributed by atoms with van der Waals surface area (Å²) in [5.74, 6) is 0. The van der Waals surface area contributed by atoms with Crippen molar-refractivity contribution < 1.29 is 18.9 Å². The molecular weight excluding hydrogens is 263 g/mol. The minimum atomic E-state index is 0. The van der Waals surface area contributed by atoms with Crippen LogP contribution in [0.1, 0.15) is 24.0 Å². The number of rotatable bonds is 0. The number of fused-ring (bicyclic) bond motifs is 8. The largest absolute Gasteiger partial charge is 1.00 e. The zero-order chi connectivity index (χ0) is 13.8. The Morgan fingerprint density at radius 1 is 1.09 bits per heavy atom. The quantitative estimate of drug-likeness (QED) is 0.269. The van der Waals surface area contributed by atoms with Crippen molar-refractivity contribution in [2.45, 2.75) is 25.7 Å². The number of benzene rings is 2. The number of hydrogen-bond donors (Lipinski definition) is 0. The fraction of sp³-hybridized carbons (Fsp3) is 0.211. The molecule has 2 nitrogen and oxygen atoms in total. The number of hydrogen-bond acceptors (Lipinski definition) is 1. The van der Waals surface area contributed by atoms with Crippen LogP contribution in [0.2, 0.25) is 0 Å². The summed E-state index contributed by atoms with van der Waals surface area (Å²) in [6.07, 6.45) is 8.89. The Morgan fingerprint density at radius 2 is 1.95 bits per heavy atom. The molecule has 0 atom stereocenters. The molecule has 0 N–H and O–H groups in total. The second-order valence-corrected chi connectivity index (χ2v) is 5.89. The summed E-state index contributed by atoms with van der Waals surface area (Å²) in [7, 11) is 0. The molecule has 1 aliphatic rings. The van der Waals surface area contributed by atoms with Crippen LogP contribution in [0.3, 0.4) is 0 Å². The van der Waals surface area contributed by atoms with Crippen LogP contribution in [0, 0.1) is 6.07 Å². The number of pyridine rings is 1. The molecule has 2 heterocycles. The van der Waals surface area contributed by atoms with Crippen LogP contribution in [0.4, 0.5) is 0 Å². The Hall–Kier alpha value is -1.75. The molecule has 2 aromatic carbocycles. The molecule has 0 saturated carbocycles. The first-order valence-corrected chi connectivity index (χ1v) is 7.63. The topological polar surface area (TPSA) is 17.3 Å². The van der Waals surface area contributed by atoms with Gasteiger partial charge in [0.05, 0.1) is 5.65 Å². The van der Waals surface area contributed by atoms with Gasteiger partial charge in [-0.1, -0.05) is 48.2 Å². The smallest absolute Gasteiger partial charge is 0.340 e. The predicted octanol–water partition coefficient (Wildman–Crippen LogP) is 1.32. The Kier molecular flexibility index (Phi) is 3.25. The van der Waals surface area contributed by atoms with E-state index in [4.69, 9.17) is 0 Å². The molecule has 0 aliphatic heterocycles. The summed E-state index contributed by atoms with van der Waals surface area (Å²) in [6.45, 7) is 0. The van der Waals surface area contributed by atoms with Gasteiger partial charge in [-0.05, 0) is 17.9 Å². The van der Waals surface area contributed by atoms with Gasteiger partial charge >= 0.3 is 18.9 Å². The molecule has 0 amide bonds. The van der Waals surface area contributed by atoms with Gasteiger partial charge in [-0.25, -0.2) is 0 Å². The van der Waals surface area contributed by atoms with Gasteiger partial charge in [-0.3, -0.25) is 4.98 Å². The SMILES string of the molecule is [Li+].[c-]1cc2c(c3c1c1nccn1c1ccccc31)CCCC2. The maximum atomic E-state index is 4.58. The van der Waals surface area contributed by atoms with Crippen molar-refractivity contribution >= 4 is 27.3 Å². The first kappa shape index (κ1) is 13.9. The molecule has 1 aliphatic carbocycles. The molecule has 22 heavy (non-hydrogen) atoms. The molecule has 0 saturated heterocycles. The van der Waals surface area contributed by atoms with E-state index < -0.39 is 0 Å². The molecule has 0 unspecified atom stereocenters. The Morgan fingerprint density at radius 3 is 2.91 bits per heavy atom. The van der Waals surface area contributed by atoms with E-state index in [9.17, 15) is 0 Å². The minimum absolute atomic E-state index is 0. The molecule has 2 aromatic heterocycles. The van der Waals surface area contributed by atoms with Gasteiger partial charge in [0.25, 0.3) is 0 Å². The molecule has 4 aromatic rings. The molecule has 0 bridgehead atoms. The van der Waals surface area contributed by atoms with Gasteiger partial charge in [0, 0.05) is 17.9 Å². The monoisotopic (exact) mass is 278 g/mol. The maximum Gasteiger partial charge on any atom is 1.00 e. The first-order valence-electron chi connectivity index (χ1n) is 7.63. The number of nitrogens with zero attached hydrogens (tertiary/aromatic N) is 2. The van der Waals surface area contributed by atoms with E-state index in [1.165, 1.54) is 58.5 Å². The van der Waals surface area contributed by atoms with Crippen LogP contribution in [0.15, 0.2) is 42.7 Å². The van der Waals surface area contributed by atoms with Gasteiger partial charge in [0.2, 0.25) is 0 Å². The van der Waals surface area contributed by atoms with E-state index in [-0.39, 0.29) is 18.9 Å². The fourth-order valence-electron chi connectivity index (χ4n) is 3.81. The third kappa shape index (κ3) is 1.78. The normalized spacial score (nSPS) is 14.2. The van der Waals surface area contributed by atoms with E-state index >= 15 is 0 Å². The molecule has 0 spiro atoms. The first-order chi connectivity index (χ1) is 10.4. The summed E-state index contributed by atoms with van der Waals surface area (Å²) in [4.78, 5) is 4.58. The zero-order valence-electron chi connectivity index (χ0n) is 12.8. The van der Waals surface area contributed by atoms with Crippen molar-refractivity contribution in [3.8, 4) is 0 Å². The van der Waals surface area contributed by atoms with Crippen LogP contribution in [0.5, 0.6) is 0 Å². The van der Waals surface area contributed by atoms with Crippen molar-refractivity contribution in [3.63, 3.8) is 0 Å². The second-order valence-electron chi connectivity index (χ2n) is 5.89. The van der Waals surface area contributed by atoms with Gasteiger partial charge in [-0.15, -0.1) is 23.3 Å². The average Bonchev–Trinajstić information content (AvgIpc) is 3.04. The number of aromatic nitrogens is 2. The molecule has 0 radical (unpaired) electrons. The third-order valence-corrected chi connectivity index (χ3v) is 4.75. The summed E-state index contributed by atoms with van der Waals surface area (Å²) in [6, 6.07) is 14.4. The average molecular weight is 278 g/mol. The van der Waals surface area contributed by atoms with E-state index in [0.29, 0.717) is 0 Å². The van der Waals surface area contributed by atoms with E-state index in [1.54, 1.807) is 0 Å². The minimum Gasteiger partial charge on any atom is -0.340 e. The number of aryl methyl sites for hydroxylation is 2. The summed E-state index contributed by atoms with van der Waals surface area (Å²) in [5.41, 5.74) is 5.27. The van der Waals surface area contributed by atoms with Crippen molar-refractivity contribution in [1.29, 1.82) is 0 Å². The fourth-order valence-corrected chi connectivity index (χ4v) is 3.81. The van der Waals surface area contributed by atoms with Crippen molar-refractivity contribution in [2.75, 3.05) is 0 Å². The van der Waals surface area contributed by atoms with Gasteiger partial charge in [0.1, 0.15) is 0 Å². The predicted molar refractivity (Wildman–Crippen MR) is 85.7 cm³/mol. The Bertz CT molecular complexity index is 1000. The molecule has 3 heteroatoms. The van der Waals surface area contributed by atoms with Crippen molar-refractivity contribution in [3.05, 3.63) is 59.9 Å². The number of imidazole rings is 1. The van der Waals surface area contributed by atoms with E-state index in [1.807, 2.05) is 12.4 Å². The molecule has 0 fully saturated rings. The summed E-state index contributed by atoms with van der Waals surface area (Å²) >= 11 is 0. The van der Waals surface area contributed by atoms with Gasteiger partial charge in [-0.2, -0.15) is 0 Å². The van der Waals surface area contributed by atoms with Crippen LogP contribution < -0.4 is 18.9 Å². The standard InChI is InChI=1S/C19H15N2.Li/c1-2-6-14-13(5-1)9-10-16-18(14)15-7-3-4-8-17(15)21-12-11-20-19(16)21;/h3-4,7-9,11-12H,1-2,5-6H2;/q-1;+1. The summed E-state index contributed by atoms with van der Waals surface area (Å²) < 4.78 is 2.18. The zero-order valence-corrected chi connectivity index (χ0v) is 12.8. The second kappa shape index (κ2) is 5.16. The van der Waals surface area contributed by atoms with Crippen LogP contribution >= 0.6 is 0 Å². The Balaban J connectivity index is 0.00000125. The van der Waals surface area contributed by atoms with Crippen LogP contribution in [-0.2, 0) is 12.8 Å². The molecule has 102 valence electrons. The van der Waals surface area contributed by atoms with Gasteiger partial charge < -0.3 is 4.40 Å². The maximum absolute atomic E-state index is 4.58. The Labute approximate surface area is 141 Å². The number of para-hydroxylation sites is 1. The van der Waals surface area contributed by atoms with Gasteiger partial charge in [0.15, 0.2) is 0 Å². The van der Waals surface area contributed by atoms with Crippen molar-refractivity contribution in [1.82, 2.24) is 9.38 Å². The van der Waals surface area contributed by atoms with Crippen molar-refractivity contribution in [2.24, 2.45) is 0 Å². The van der Waals surface area contributed by atoms with Crippen LogP contribution in [-0.4, -0.2) is 9.38 Å². The third-order valence-electron chi connectivity index (χ3n) is 4.75. The molecular formula is C19H15LiN2.